The molecule has 1 aromatic rings. The minimum Gasteiger partial charge on any atom is -0.367 e. The molecule has 2 aliphatic rings. The number of para-hydroxylation sites is 1. The Hall–Kier alpha value is -0.730. The molecule has 0 saturated carbocycles. The summed E-state index contributed by atoms with van der Waals surface area (Å²) in [6.45, 7) is 1.94. The van der Waals surface area contributed by atoms with E-state index in [1.807, 2.05) is 6.07 Å². The molecular formula is C13H17ClN2. The van der Waals surface area contributed by atoms with Crippen molar-refractivity contribution in [1.29, 1.82) is 0 Å². The molecule has 86 valence electrons. The average molecular weight is 237 g/mol. The van der Waals surface area contributed by atoms with Gasteiger partial charge in [-0.05, 0) is 43.4 Å². The number of hydrogen-bond acceptors (Lipinski definition) is 2. The maximum absolute atomic E-state index is 6.29. The Morgan fingerprint density at radius 3 is 3.12 bits per heavy atom. The maximum atomic E-state index is 6.29. The molecule has 2 heterocycles. The Labute approximate surface area is 101 Å². The van der Waals surface area contributed by atoms with Gasteiger partial charge in [0.1, 0.15) is 0 Å². The summed E-state index contributed by atoms with van der Waals surface area (Å²) in [5, 5.41) is 0.909. The molecule has 2 nitrogen and oxygen atoms in total. The zero-order chi connectivity index (χ0) is 11.1. The van der Waals surface area contributed by atoms with E-state index in [-0.39, 0.29) is 0 Å². The summed E-state index contributed by atoms with van der Waals surface area (Å²) in [6.07, 6.45) is 3.57. The van der Waals surface area contributed by atoms with Crippen molar-refractivity contribution in [2.75, 3.05) is 18.0 Å². The fourth-order valence-electron chi connectivity index (χ4n) is 3.14. The van der Waals surface area contributed by atoms with Gasteiger partial charge < -0.3 is 10.6 Å². The van der Waals surface area contributed by atoms with Crippen molar-refractivity contribution < 1.29 is 0 Å². The summed E-state index contributed by atoms with van der Waals surface area (Å²) in [7, 11) is 0. The molecule has 2 unspecified atom stereocenters. The monoisotopic (exact) mass is 236 g/mol. The number of halogens is 1. The summed E-state index contributed by atoms with van der Waals surface area (Å²) in [5.74, 6) is 0.703. The molecule has 0 aliphatic carbocycles. The third-order valence-electron chi connectivity index (χ3n) is 3.97. The van der Waals surface area contributed by atoms with Crippen molar-refractivity contribution >= 4 is 17.3 Å². The fourth-order valence-corrected chi connectivity index (χ4v) is 3.44. The van der Waals surface area contributed by atoms with Gasteiger partial charge in [-0.2, -0.15) is 0 Å². The first-order chi connectivity index (χ1) is 7.79. The lowest BCUT2D eigenvalue weighted by molar-refractivity contribution is 0.357. The van der Waals surface area contributed by atoms with Gasteiger partial charge in [-0.15, -0.1) is 0 Å². The first kappa shape index (κ1) is 10.4. The molecule has 0 bridgehead atoms. The zero-order valence-electron chi connectivity index (χ0n) is 9.32. The number of fused-ring (bicyclic) bond motifs is 3. The number of anilines is 1. The summed E-state index contributed by atoms with van der Waals surface area (Å²) < 4.78 is 0. The van der Waals surface area contributed by atoms with Crippen molar-refractivity contribution in [3.63, 3.8) is 0 Å². The van der Waals surface area contributed by atoms with E-state index in [4.69, 9.17) is 17.3 Å². The number of benzene rings is 1. The van der Waals surface area contributed by atoms with Crippen LogP contribution in [-0.2, 0) is 6.42 Å². The Morgan fingerprint density at radius 2 is 2.31 bits per heavy atom. The average Bonchev–Trinajstić information content (AvgIpc) is 2.67. The van der Waals surface area contributed by atoms with Crippen LogP contribution in [0.2, 0.25) is 5.02 Å². The molecule has 2 atom stereocenters. The highest BCUT2D eigenvalue weighted by atomic mass is 35.5. The van der Waals surface area contributed by atoms with Crippen LogP contribution in [-0.4, -0.2) is 19.1 Å². The van der Waals surface area contributed by atoms with Crippen LogP contribution in [0.15, 0.2) is 18.2 Å². The van der Waals surface area contributed by atoms with Crippen molar-refractivity contribution in [2.45, 2.75) is 25.3 Å². The van der Waals surface area contributed by atoms with Gasteiger partial charge in [0.15, 0.2) is 0 Å². The fraction of sp³-hybridized carbons (Fsp3) is 0.538. The second-order valence-corrected chi connectivity index (χ2v) is 5.33. The molecular weight excluding hydrogens is 220 g/mol. The van der Waals surface area contributed by atoms with Crippen LogP contribution in [0.3, 0.4) is 0 Å². The van der Waals surface area contributed by atoms with Gasteiger partial charge in [-0.25, -0.2) is 0 Å². The van der Waals surface area contributed by atoms with Crippen LogP contribution in [0.1, 0.15) is 18.4 Å². The molecule has 0 radical (unpaired) electrons. The smallest absolute Gasteiger partial charge is 0.0642 e. The first-order valence-corrected chi connectivity index (χ1v) is 6.41. The predicted molar refractivity (Wildman–Crippen MR) is 68.1 cm³/mol. The summed E-state index contributed by atoms with van der Waals surface area (Å²) in [5.41, 5.74) is 8.47. The molecule has 1 saturated heterocycles. The molecule has 2 N–H and O–H groups in total. The first-order valence-electron chi connectivity index (χ1n) is 6.03. The van der Waals surface area contributed by atoms with Crippen molar-refractivity contribution in [3.05, 3.63) is 28.8 Å². The van der Waals surface area contributed by atoms with Gasteiger partial charge in [-0.3, -0.25) is 0 Å². The van der Waals surface area contributed by atoms with Gasteiger partial charge in [0, 0.05) is 12.6 Å². The van der Waals surface area contributed by atoms with Crippen LogP contribution in [0.4, 0.5) is 5.69 Å². The molecule has 0 spiro atoms. The summed E-state index contributed by atoms with van der Waals surface area (Å²) in [4.78, 5) is 2.49. The van der Waals surface area contributed by atoms with E-state index < -0.39 is 0 Å². The Bertz CT molecular complexity index is 405. The van der Waals surface area contributed by atoms with E-state index in [9.17, 15) is 0 Å². The van der Waals surface area contributed by atoms with Crippen LogP contribution < -0.4 is 10.6 Å². The molecule has 16 heavy (non-hydrogen) atoms. The van der Waals surface area contributed by atoms with Gasteiger partial charge in [0.2, 0.25) is 0 Å². The van der Waals surface area contributed by atoms with Crippen molar-refractivity contribution in [1.82, 2.24) is 0 Å². The normalized spacial score (nSPS) is 27.8. The minimum absolute atomic E-state index is 0.636. The maximum Gasteiger partial charge on any atom is 0.0642 e. The van der Waals surface area contributed by atoms with E-state index in [1.165, 1.54) is 24.1 Å². The van der Waals surface area contributed by atoms with E-state index in [0.29, 0.717) is 12.0 Å². The second kappa shape index (κ2) is 3.94. The Kier molecular flexibility index (Phi) is 2.56. The highest BCUT2D eigenvalue weighted by Crippen LogP contribution is 2.42. The number of piperidine rings is 1. The minimum atomic E-state index is 0.636. The SMILES string of the molecule is NCC1CCN2c3c(Cl)cccc3CC2C1. The quantitative estimate of drug-likeness (QED) is 0.812. The lowest BCUT2D eigenvalue weighted by atomic mass is 9.91. The number of nitrogens with zero attached hydrogens (tertiary/aromatic N) is 1. The van der Waals surface area contributed by atoms with Gasteiger partial charge in [-0.1, -0.05) is 23.7 Å². The molecule has 2 aliphatic heterocycles. The molecule has 1 aromatic carbocycles. The highest BCUT2D eigenvalue weighted by molar-refractivity contribution is 6.33. The second-order valence-electron chi connectivity index (χ2n) is 4.93. The highest BCUT2D eigenvalue weighted by Gasteiger charge is 2.35. The van der Waals surface area contributed by atoms with Crippen molar-refractivity contribution in [3.8, 4) is 0 Å². The Morgan fingerprint density at radius 1 is 1.44 bits per heavy atom. The van der Waals surface area contributed by atoms with E-state index in [1.54, 1.807) is 0 Å². The van der Waals surface area contributed by atoms with Crippen LogP contribution in [0, 0.1) is 5.92 Å². The molecule has 3 rings (SSSR count). The van der Waals surface area contributed by atoms with Gasteiger partial charge in [0.25, 0.3) is 0 Å². The van der Waals surface area contributed by atoms with Gasteiger partial charge >= 0.3 is 0 Å². The third-order valence-corrected chi connectivity index (χ3v) is 4.28. The van der Waals surface area contributed by atoms with Crippen LogP contribution >= 0.6 is 11.6 Å². The number of nitrogens with two attached hydrogens (primary N) is 1. The summed E-state index contributed by atoms with van der Waals surface area (Å²) >= 11 is 6.29. The third kappa shape index (κ3) is 1.52. The predicted octanol–water partition coefficient (Wildman–Crippen LogP) is 2.44. The lowest BCUT2D eigenvalue weighted by Gasteiger charge is -2.36. The number of rotatable bonds is 1. The van der Waals surface area contributed by atoms with Crippen LogP contribution in [0.25, 0.3) is 0 Å². The summed E-state index contributed by atoms with van der Waals surface area (Å²) in [6, 6.07) is 6.90. The topological polar surface area (TPSA) is 29.3 Å². The standard InChI is InChI=1S/C13H17ClN2/c14-12-3-1-2-10-7-11-6-9(8-15)4-5-16(11)13(10)12/h1-3,9,11H,4-8,15H2. The van der Waals surface area contributed by atoms with Crippen LogP contribution in [0.5, 0.6) is 0 Å². The molecule has 1 fully saturated rings. The Balaban J connectivity index is 1.91. The zero-order valence-corrected chi connectivity index (χ0v) is 10.1. The molecule has 0 amide bonds. The van der Waals surface area contributed by atoms with E-state index in [0.717, 1.165) is 24.5 Å². The molecule has 3 heteroatoms. The van der Waals surface area contributed by atoms with Crippen molar-refractivity contribution in [2.24, 2.45) is 11.7 Å². The number of hydrogen-bond donors (Lipinski definition) is 1. The van der Waals surface area contributed by atoms with E-state index >= 15 is 0 Å². The molecule has 0 aromatic heterocycles. The van der Waals surface area contributed by atoms with E-state index in [2.05, 4.69) is 17.0 Å². The lowest BCUT2D eigenvalue weighted by Crippen LogP contribution is -2.42. The largest absolute Gasteiger partial charge is 0.367 e. The van der Waals surface area contributed by atoms with Gasteiger partial charge in [0.05, 0.1) is 10.7 Å².